The molecule has 0 saturated carbocycles. The molecule has 0 spiro atoms. The average Bonchev–Trinajstić information content (AvgIpc) is 2.93. The molecule has 2 aliphatic rings. The number of hydrogen-bond acceptors (Lipinski definition) is 9. The van der Waals surface area contributed by atoms with Crippen LogP contribution in [0.15, 0.2) is 42.7 Å². The predicted molar refractivity (Wildman–Crippen MR) is 155 cm³/mol. The summed E-state index contributed by atoms with van der Waals surface area (Å²) in [7, 11) is 2.12. The van der Waals surface area contributed by atoms with Crippen LogP contribution in [0.25, 0.3) is 11.3 Å². The van der Waals surface area contributed by atoms with Gasteiger partial charge < -0.3 is 25.0 Å². The van der Waals surface area contributed by atoms with Gasteiger partial charge in [0.1, 0.15) is 5.82 Å². The molecule has 12 heteroatoms. The molecule has 40 heavy (non-hydrogen) atoms. The molecule has 2 fully saturated rings. The van der Waals surface area contributed by atoms with Crippen molar-refractivity contribution in [3.8, 4) is 23.0 Å². The Bertz CT molecular complexity index is 1290. The molecule has 1 amide bonds. The van der Waals surface area contributed by atoms with E-state index in [0.717, 1.165) is 69.1 Å². The van der Waals surface area contributed by atoms with E-state index in [9.17, 15) is 4.79 Å². The molecule has 0 bridgehead atoms. The van der Waals surface area contributed by atoms with Gasteiger partial charge in [0, 0.05) is 54.4 Å². The summed E-state index contributed by atoms with van der Waals surface area (Å²) < 4.78 is 11.1. The number of carbonyl (C=O) groups is 1. The summed E-state index contributed by atoms with van der Waals surface area (Å²) >= 11 is 12.6. The number of likely N-dealkylation sites (N-methyl/N-ethyl adjacent to an activating group) is 1. The second-order valence-corrected chi connectivity index (χ2v) is 11.2. The largest absolute Gasteiger partial charge is 0.449 e. The van der Waals surface area contributed by atoms with Crippen LogP contribution in [-0.2, 0) is 11.3 Å². The molecular formula is C28H33Cl2N7O3. The summed E-state index contributed by atoms with van der Waals surface area (Å²) in [5.41, 5.74) is 7.64. The number of piperidine rings is 1. The van der Waals surface area contributed by atoms with Gasteiger partial charge in [-0.2, -0.15) is 0 Å². The molecule has 212 valence electrons. The van der Waals surface area contributed by atoms with E-state index in [4.69, 9.17) is 43.4 Å². The van der Waals surface area contributed by atoms with E-state index < -0.39 is 6.09 Å². The first-order valence-corrected chi connectivity index (χ1v) is 14.1. The van der Waals surface area contributed by atoms with Gasteiger partial charge in [-0.3, -0.25) is 4.90 Å². The van der Waals surface area contributed by atoms with Crippen LogP contribution in [-0.4, -0.2) is 83.8 Å². The number of benzene rings is 1. The lowest BCUT2D eigenvalue weighted by atomic mass is 9.97. The first kappa shape index (κ1) is 28.4. The van der Waals surface area contributed by atoms with Crippen LogP contribution in [0.4, 0.5) is 10.6 Å². The van der Waals surface area contributed by atoms with Crippen LogP contribution in [0.2, 0.25) is 10.0 Å². The predicted octanol–water partition coefficient (Wildman–Crippen LogP) is 4.70. The number of primary amides is 1. The summed E-state index contributed by atoms with van der Waals surface area (Å²) in [4.78, 5) is 31.7. The van der Waals surface area contributed by atoms with Crippen molar-refractivity contribution in [1.82, 2.24) is 24.8 Å². The number of likely N-dealkylation sites (tertiary alicyclic amines) is 1. The molecule has 0 atom stereocenters. The van der Waals surface area contributed by atoms with Gasteiger partial charge in [0.05, 0.1) is 24.7 Å². The minimum atomic E-state index is -0.723. The van der Waals surface area contributed by atoms with E-state index in [-0.39, 0.29) is 0 Å². The minimum Gasteiger partial charge on any atom is -0.449 e. The van der Waals surface area contributed by atoms with Crippen molar-refractivity contribution in [3.05, 3.63) is 58.3 Å². The topological polar surface area (TPSA) is 110 Å². The van der Waals surface area contributed by atoms with Gasteiger partial charge in [-0.15, -0.1) is 0 Å². The standard InChI is InChI=1S/C28H33Cl2N7O3/c1-35-6-8-37(9-7-35)25-15-33-27(16-32-25)40-26-11-20(10-24(34-26)21-12-22(29)14-23(30)13-21)17-36-4-2-19(3-5-36)18-39-28(31)38/h10-16,19H,2-9,17-18H2,1H3,(H2,31,38). The Labute approximate surface area is 244 Å². The van der Waals surface area contributed by atoms with Crippen molar-refractivity contribution in [2.45, 2.75) is 19.4 Å². The van der Waals surface area contributed by atoms with E-state index >= 15 is 0 Å². The lowest BCUT2D eigenvalue weighted by molar-refractivity contribution is 0.1000. The second-order valence-electron chi connectivity index (χ2n) is 10.3. The zero-order valence-electron chi connectivity index (χ0n) is 22.4. The smallest absolute Gasteiger partial charge is 0.404 e. The van der Waals surface area contributed by atoms with Crippen molar-refractivity contribution in [2.75, 3.05) is 57.8 Å². The Morgan fingerprint density at radius 2 is 1.68 bits per heavy atom. The van der Waals surface area contributed by atoms with Crippen molar-refractivity contribution in [1.29, 1.82) is 0 Å². The Hall–Kier alpha value is -3.18. The van der Waals surface area contributed by atoms with Crippen molar-refractivity contribution >= 4 is 35.1 Å². The van der Waals surface area contributed by atoms with Gasteiger partial charge in [-0.25, -0.2) is 19.7 Å². The van der Waals surface area contributed by atoms with E-state index in [2.05, 4.69) is 31.7 Å². The molecule has 2 saturated heterocycles. The summed E-state index contributed by atoms with van der Waals surface area (Å²) in [6.45, 7) is 6.64. The van der Waals surface area contributed by atoms with Crippen LogP contribution in [0.1, 0.15) is 18.4 Å². The van der Waals surface area contributed by atoms with Crippen molar-refractivity contribution in [2.24, 2.45) is 11.7 Å². The highest BCUT2D eigenvalue weighted by atomic mass is 35.5. The van der Waals surface area contributed by atoms with Crippen LogP contribution in [0.5, 0.6) is 11.8 Å². The maximum atomic E-state index is 10.9. The first-order valence-electron chi connectivity index (χ1n) is 13.4. The molecular weight excluding hydrogens is 553 g/mol. The van der Waals surface area contributed by atoms with E-state index in [1.54, 1.807) is 18.5 Å². The third-order valence-corrected chi connectivity index (χ3v) is 7.68. The fourth-order valence-corrected chi connectivity index (χ4v) is 5.52. The number of aromatic nitrogens is 3. The summed E-state index contributed by atoms with van der Waals surface area (Å²) in [6.07, 6.45) is 4.51. The molecule has 2 aromatic heterocycles. The van der Waals surface area contributed by atoms with E-state index in [1.165, 1.54) is 0 Å². The highest BCUT2D eigenvalue weighted by Gasteiger charge is 2.21. The van der Waals surface area contributed by atoms with Crippen LogP contribution >= 0.6 is 23.2 Å². The normalized spacial score (nSPS) is 17.1. The van der Waals surface area contributed by atoms with Gasteiger partial charge in [0.2, 0.25) is 11.8 Å². The molecule has 5 rings (SSSR count). The molecule has 0 aliphatic carbocycles. The number of pyridine rings is 1. The van der Waals surface area contributed by atoms with Crippen LogP contribution < -0.4 is 15.4 Å². The number of hydrogen-bond donors (Lipinski definition) is 1. The number of halogens is 2. The zero-order chi connectivity index (χ0) is 28.1. The number of nitrogens with two attached hydrogens (primary N) is 1. The third-order valence-electron chi connectivity index (χ3n) is 7.25. The number of rotatable bonds is 8. The van der Waals surface area contributed by atoms with E-state index in [0.29, 0.717) is 46.6 Å². The average molecular weight is 587 g/mol. The van der Waals surface area contributed by atoms with Crippen molar-refractivity contribution in [3.63, 3.8) is 0 Å². The molecule has 2 N–H and O–H groups in total. The summed E-state index contributed by atoms with van der Waals surface area (Å²) in [5.74, 6) is 1.93. The van der Waals surface area contributed by atoms with Gasteiger partial charge >= 0.3 is 6.09 Å². The lowest BCUT2D eigenvalue weighted by Gasteiger charge is -2.32. The number of amides is 1. The number of piperazine rings is 1. The SMILES string of the molecule is CN1CCN(c2cnc(Oc3cc(CN4CCC(COC(N)=O)CC4)cc(-c4cc(Cl)cc(Cl)c4)n3)cn2)CC1. The number of anilines is 1. The molecule has 2 aliphatic heterocycles. The summed E-state index contributed by atoms with van der Waals surface area (Å²) in [5, 5.41) is 1.06. The minimum absolute atomic E-state index is 0.316. The first-order chi connectivity index (χ1) is 19.3. The molecule has 3 aromatic rings. The van der Waals surface area contributed by atoms with Crippen LogP contribution in [0, 0.1) is 5.92 Å². The Kier molecular flexibility index (Phi) is 9.21. The quantitative estimate of drug-likeness (QED) is 0.402. The zero-order valence-corrected chi connectivity index (χ0v) is 23.9. The third kappa shape index (κ3) is 7.72. The highest BCUT2D eigenvalue weighted by molar-refractivity contribution is 6.35. The highest BCUT2D eigenvalue weighted by Crippen LogP contribution is 2.30. The molecule has 0 radical (unpaired) electrons. The number of carbonyl (C=O) groups excluding carboxylic acids is 1. The molecule has 0 unspecified atom stereocenters. The lowest BCUT2D eigenvalue weighted by Crippen LogP contribution is -2.44. The maximum Gasteiger partial charge on any atom is 0.404 e. The summed E-state index contributed by atoms with van der Waals surface area (Å²) in [6, 6.07) is 9.31. The monoisotopic (exact) mass is 585 g/mol. The molecule has 10 nitrogen and oxygen atoms in total. The van der Waals surface area contributed by atoms with Gasteiger partial charge in [0.25, 0.3) is 0 Å². The van der Waals surface area contributed by atoms with Crippen LogP contribution in [0.3, 0.4) is 0 Å². The fraction of sp³-hybridized carbons (Fsp3) is 0.429. The Morgan fingerprint density at radius 1 is 0.950 bits per heavy atom. The van der Waals surface area contributed by atoms with Gasteiger partial charge in [-0.05, 0) is 68.7 Å². The molecule has 4 heterocycles. The Balaban J connectivity index is 1.32. The van der Waals surface area contributed by atoms with Gasteiger partial charge in [-0.1, -0.05) is 23.2 Å². The number of nitrogens with zero attached hydrogens (tertiary/aromatic N) is 6. The fourth-order valence-electron chi connectivity index (χ4n) is 4.99. The Morgan fingerprint density at radius 3 is 2.33 bits per heavy atom. The number of ether oxygens (including phenoxy) is 2. The maximum absolute atomic E-state index is 10.9. The van der Waals surface area contributed by atoms with Gasteiger partial charge in [0.15, 0.2) is 0 Å². The second kappa shape index (κ2) is 13.0. The molecule has 1 aromatic carbocycles. The van der Waals surface area contributed by atoms with E-state index in [1.807, 2.05) is 24.3 Å². The van der Waals surface area contributed by atoms with Crippen molar-refractivity contribution < 1.29 is 14.3 Å².